The summed E-state index contributed by atoms with van der Waals surface area (Å²) in [4.78, 5) is 16.2. The van der Waals surface area contributed by atoms with E-state index in [4.69, 9.17) is 10.00 Å². The van der Waals surface area contributed by atoms with Crippen molar-refractivity contribution in [3.63, 3.8) is 0 Å². The van der Waals surface area contributed by atoms with Gasteiger partial charge < -0.3 is 4.74 Å². The van der Waals surface area contributed by atoms with Crippen LogP contribution in [0.15, 0.2) is 22.8 Å². The van der Waals surface area contributed by atoms with Crippen LogP contribution in [-0.2, 0) is 4.74 Å². The molecule has 0 N–H and O–H groups in total. The van der Waals surface area contributed by atoms with Crippen LogP contribution >= 0.6 is 0 Å². The summed E-state index contributed by atoms with van der Waals surface area (Å²) in [5, 5.41) is 22.6. The Balaban J connectivity index is 3.01. The lowest BCUT2D eigenvalue weighted by atomic mass is 10.1. The van der Waals surface area contributed by atoms with E-state index < -0.39 is 5.97 Å². The van der Waals surface area contributed by atoms with Gasteiger partial charge in [0.2, 0.25) is 0 Å². The number of carbonyl (C=O) groups is 1. The minimum absolute atomic E-state index is 0.0385. The van der Waals surface area contributed by atoms with E-state index in [2.05, 4.69) is 16.2 Å². The zero-order chi connectivity index (χ0) is 18.8. The van der Waals surface area contributed by atoms with Crippen molar-refractivity contribution in [3.05, 3.63) is 29.1 Å². The predicted molar refractivity (Wildman–Crippen MR) is 94.2 cm³/mol. The van der Waals surface area contributed by atoms with Gasteiger partial charge in [-0.3, -0.25) is 9.67 Å². The second-order valence-corrected chi connectivity index (χ2v) is 5.29. The number of nitrogens with zero attached hydrogens (tertiary/aromatic N) is 5. The number of carbonyl (C=O) groups excluding carboxylic acids is 1. The van der Waals surface area contributed by atoms with Crippen molar-refractivity contribution >= 4 is 11.7 Å². The van der Waals surface area contributed by atoms with E-state index in [0.717, 1.165) is 5.71 Å². The first-order valence-electron chi connectivity index (χ1n) is 8.32. The molecule has 1 unspecified atom stereocenters. The molecule has 1 atom stereocenters. The third-order valence-corrected chi connectivity index (χ3v) is 3.56. The van der Waals surface area contributed by atoms with Gasteiger partial charge in [-0.05, 0) is 33.6 Å². The Hall–Kier alpha value is -2.93. The highest BCUT2D eigenvalue weighted by Gasteiger charge is 2.19. The van der Waals surface area contributed by atoms with E-state index in [9.17, 15) is 10.1 Å². The quantitative estimate of drug-likeness (QED) is 0.410. The second-order valence-electron chi connectivity index (χ2n) is 5.29. The maximum absolute atomic E-state index is 11.9. The highest BCUT2D eigenvalue weighted by Crippen LogP contribution is 2.17. The van der Waals surface area contributed by atoms with Gasteiger partial charge in [0, 0.05) is 12.7 Å². The zero-order valence-electron chi connectivity index (χ0n) is 15.1. The first-order chi connectivity index (χ1) is 12.0. The van der Waals surface area contributed by atoms with Gasteiger partial charge in [0.1, 0.15) is 17.7 Å². The molecule has 0 aliphatic carbocycles. The molecule has 0 aliphatic heterocycles. The van der Waals surface area contributed by atoms with Crippen molar-refractivity contribution in [2.24, 2.45) is 4.99 Å². The molecule has 0 aromatic carbocycles. The zero-order valence-corrected chi connectivity index (χ0v) is 15.1. The highest BCUT2D eigenvalue weighted by atomic mass is 16.5. The van der Waals surface area contributed by atoms with Gasteiger partial charge in [0.15, 0.2) is 5.69 Å². The van der Waals surface area contributed by atoms with Crippen LogP contribution in [0.5, 0.6) is 0 Å². The first kappa shape index (κ1) is 20.1. The summed E-state index contributed by atoms with van der Waals surface area (Å²) in [6, 6.07) is 3.97. The van der Waals surface area contributed by atoms with Gasteiger partial charge in [-0.15, -0.1) is 0 Å². The average molecular weight is 341 g/mol. The molecule has 1 rings (SSSR count). The number of hydrogen-bond donors (Lipinski definition) is 0. The molecule has 0 saturated heterocycles. The van der Waals surface area contributed by atoms with Gasteiger partial charge in [0.05, 0.1) is 23.9 Å². The lowest BCUT2D eigenvalue weighted by Gasteiger charge is -2.10. The third kappa shape index (κ3) is 5.29. The molecule has 1 aromatic rings. The summed E-state index contributed by atoms with van der Waals surface area (Å²) < 4.78 is 6.49. The van der Waals surface area contributed by atoms with Crippen LogP contribution in [0.4, 0.5) is 0 Å². The van der Waals surface area contributed by atoms with E-state index in [1.54, 1.807) is 11.6 Å². The molecule has 0 radical (unpaired) electrons. The standard InChI is InChI=1S/C18H23N5O2/c1-5-16(21-6-2)14(10-19)9-8-13(4)23-12-15(17(11-20)22-23)18(24)25-7-3/h9,12-13H,5-8H2,1-4H3/b14-9-,21-16+. The van der Waals surface area contributed by atoms with Crippen molar-refractivity contribution in [1.29, 1.82) is 10.5 Å². The fraction of sp³-hybridized carbons (Fsp3) is 0.500. The fourth-order valence-corrected chi connectivity index (χ4v) is 2.26. The largest absolute Gasteiger partial charge is 0.462 e. The Morgan fingerprint density at radius 3 is 2.68 bits per heavy atom. The van der Waals surface area contributed by atoms with Crippen molar-refractivity contribution in [2.75, 3.05) is 13.2 Å². The molecule has 0 saturated carbocycles. The number of rotatable bonds is 8. The molecular formula is C18H23N5O2. The summed E-state index contributed by atoms with van der Waals surface area (Å²) in [6.45, 7) is 8.35. The maximum atomic E-state index is 11.9. The van der Waals surface area contributed by atoms with Crippen LogP contribution in [0, 0.1) is 22.7 Å². The normalized spacial score (nSPS) is 13.0. The third-order valence-electron chi connectivity index (χ3n) is 3.56. The number of aliphatic imine (C=N–C) groups is 1. The van der Waals surface area contributed by atoms with Crippen molar-refractivity contribution in [1.82, 2.24) is 9.78 Å². The number of aromatic nitrogens is 2. The Kier molecular flexibility index (Phi) is 8.08. The Morgan fingerprint density at radius 1 is 1.44 bits per heavy atom. The van der Waals surface area contributed by atoms with Gasteiger partial charge in [-0.25, -0.2) is 4.79 Å². The molecule has 1 heterocycles. The summed E-state index contributed by atoms with van der Waals surface area (Å²) in [6.07, 6.45) is 4.55. The molecule has 132 valence electrons. The van der Waals surface area contributed by atoms with Gasteiger partial charge in [0.25, 0.3) is 0 Å². The minimum atomic E-state index is -0.561. The van der Waals surface area contributed by atoms with Crippen LogP contribution in [-0.4, -0.2) is 34.6 Å². The molecule has 0 amide bonds. The molecule has 7 nitrogen and oxygen atoms in total. The molecule has 1 aromatic heterocycles. The highest BCUT2D eigenvalue weighted by molar-refractivity contribution is 6.03. The number of esters is 1. The lowest BCUT2D eigenvalue weighted by molar-refractivity contribution is 0.0526. The van der Waals surface area contributed by atoms with Crippen LogP contribution < -0.4 is 0 Å². The first-order valence-corrected chi connectivity index (χ1v) is 8.32. The van der Waals surface area contributed by atoms with Gasteiger partial charge >= 0.3 is 5.97 Å². The van der Waals surface area contributed by atoms with Crippen LogP contribution in [0.1, 0.15) is 62.6 Å². The minimum Gasteiger partial charge on any atom is -0.462 e. The smallest absolute Gasteiger partial charge is 0.342 e. The van der Waals surface area contributed by atoms with Crippen molar-refractivity contribution in [2.45, 2.75) is 46.6 Å². The average Bonchev–Trinajstić information content (AvgIpc) is 3.05. The number of allylic oxidation sites excluding steroid dienone is 2. The SMILES string of the molecule is CC/N=C(CC)/C(C#N)=C\CC(C)n1cc(C(=O)OCC)c(C#N)n1. The van der Waals surface area contributed by atoms with E-state index in [-0.39, 0.29) is 23.9 Å². The summed E-state index contributed by atoms with van der Waals surface area (Å²) >= 11 is 0. The molecule has 0 aliphatic rings. The summed E-state index contributed by atoms with van der Waals surface area (Å²) in [7, 11) is 0. The molecule has 0 bridgehead atoms. The molecule has 0 spiro atoms. The molecular weight excluding hydrogens is 318 g/mol. The molecule has 0 fully saturated rings. The van der Waals surface area contributed by atoms with E-state index in [1.165, 1.54) is 6.20 Å². The number of nitriles is 2. The van der Waals surface area contributed by atoms with E-state index in [0.29, 0.717) is 25.0 Å². The number of hydrogen-bond acceptors (Lipinski definition) is 6. The second kappa shape index (κ2) is 10.0. The Labute approximate surface area is 148 Å². The fourth-order valence-electron chi connectivity index (χ4n) is 2.26. The Bertz CT molecular complexity index is 746. The topological polar surface area (TPSA) is 104 Å². The number of ether oxygens (including phenoxy) is 1. The monoisotopic (exact) mass is 341 g/mol. The van der Waals surface area contributed by atoms with Crippen molar-refractivity contribution in [3.8, 4) is 12.1 Å². The summed E-state index contributed by atoms with van der Waals surface area (Å²) in [5.74, 6) is -0.561. The van der Waals surface area contributed by atoms with Crippen LogP contribution in [0.3, 0.4) is 0 Å². The van der Waals surface area contributed by atoms with Crippen LogP contribution in [0.2, 0.25) is 0 Å². The Morgan fingerprint density at radius 2 is 2.16 bits per heavy atom. The van der Waals surface area contributed by atoms with Gasteiger partial charge in [-0.1, -0.05) is 13.0 Å². The van der Waals surface area contributed by atoms with Crippen molar-refractivity contribution < 1.29 is 9.53 Å². The maximum Gasteiger partial charge on any atom is 0.342 e. The molecule has 25 heavy (non-hydrogen) atoms. The lowest BCUT2D eigenvalue weighted by Crippen LogP contribution is -2.07. The van der Waals surface area contributed by atoms with Gasteiger partial charge in [-0.2, -0.15) is 15.6 Å². The van der Waals surface area contributed by atoms with E-state index in [1.807, 2.05) is 32.9 Å². The summed E-state index contributed by atoms with van der Waals surface area (Å²) in [5.41, 5.74) is 1.52. The predicted octanol–water partition coefficient (Wildman–Crippen LogP) is 3.20. The molecule has 7 heteroatoms. The van der Waals surface area contributed by atoms with E-state index >= 15 is 0 Å². The van der Waals surface area contributed by atoms with Crippen LogP contribution in [0.25, 0.3) is 0 Å².